The Bertz CT molecular complexity index is 819. The zero-order valence-corrected chi connectivity index (χ0v) is 13.9. The molecule has 1 aliphatic heterocycles. The number of para-hydroxylation sites is 2. The second kappa shape index (κ2) is 7.12. The summed E-state index contributed by atoms with van der Waals surface area (Å²) in [4.78, 5) is 12.2. The number of ether oxygens (including phenoxy) is 3. The standard InChI is InChI=1S/C18H18N2O5/c1-11(13-8-7-12(23-2)9-14(13)21)19-20-18(22)17-10-24-15-5-3-4-6-16(15)25-17/h3-9,17,21H,10H2,1-2H3,(H,20,22). The molecule has 2 aromatic carbocycles. The zero-order valence-electron chi connectivity index (χ0n) is 13.9. The SMILES string of the molecule is COc1ccc(C(C)=NNC(=O)C2COc3ccccc3O2)c(O)c1. The number of hydrazone groups is 1. The number of hydrogen-bond donors (Lipinski definition) is 2. The summed E-state index contributed by atoms with van der Waals surface area (Å²) in [5, 5.41) is 14.0. The molecule has 0 saturated heterocycles. The third-order valence-electron chi connectivity index (χ3n) is 3.73. The second-order valence-corrected chi connectivity index (χ2v) is 5.42. The van der Waals surface area contributed by atoms with Crippen LogP contribution in [0.3, 0.4) is 0 Å². The van der Waals surface area contributed by atoms with Crippen molar-refractivity contribution in [3.8, 4) is 23.0 Å². The second-order valence-electron chi connectivity index (χ2n) is 5.42. The monoisotopic (exact) mass is 342 g/mol. The molecule has 0 spiro atoms. The number of rotatable bonds is 4. The molecule has 0 fully saturated rings. The molecule has 3 rings (SSSR count). The van der Waals surface area contributed by atoms with Gasteiger partial charge in [-0.25, -0.2) is 5.43 Å². The van der Waals surface area contributed by atoms with E-state index in [1.165, 1.54) is 13.2 Å². The number of phenolic OH excluding ortho intramolecular Hbond substituents is 1. The molecule has 0 saturated carbocycles. The first-order valence-corrected chi connectivity index (χ1v) is 7.68. The van der Waals surface area contributed by atoms with Gasteiger partial charge in [-0.1, -0.05) is 12.1 Å². The van der Waals surface area contributed by atoms with Crippen LogP contribution >= 0.6 is 0 Å². The average Bonchev–Trinajstić information content (AvgIpc) is 2.65. The van der Waals surface area contributed by atoms with Gasteiger partial charge in [-0.3, -0.25) is 4.79 Å². The van der Waals surface area contributed by atoms with Crippen LogP contribution in [0.15, 0.2) is 47.6 Å². The average molecular weight is 342 g/mol. The Labute approximate surface area is 144 Å². The minimum Gasteiger partial charge on any atom is -0.507 e. The molecule has 0 radical (unpaired) electrons. The third kappa shape index (κ3) is 3.65. The Balaban J connectivity index is 1.66. The minimum absolute atomic E-state index is 0.0148. The lowest BCUT2D eigenvalue weighted by atomic mass is 10.1. The normalized spacial score (nSPS) is 16.2. The van der Waals surface area contributed by atoms with Gasteiger partial charge >= 0.3 is 0 Å². The number of fused-ring (bicyclic) bond motifs is 1. The molecule has 130 valence electrons. The maximum Gasteiger partial charge on any atom is 0.284 e. The molecule has 1 atom stereocenters. The van der Waals surface area contributed by atoms with E-state index in [1.54, 1.807) is 37.3 Å². The van der Waals surface area contributed by atoms with Gasteiger partial charge in [0.2, 0.25) is 6.10 Å². The highest BCUT2D eigenvalue weighted by Crippen LogP contribution is 2.30. The first-order chi connectivity index (χ1) is 12.1. The number of carbonyl (C=O) groups excluding carboxylic acids is 1. The van der Waals surface area contributed by atoms with Gasteiger partial charge in [-0.2, -0.15) is 5.10 Å². The van der Waals surface area contributed by atoms with Crippen LogP contribution in [-0.2, 0) is 4.79 Å². The Morgan fingerprint density at radius 1 is 1.28 bits per heavy atom. The molecule has 0 aliphatic carbocycles. The Morgan fingerprint density at radius 2 is 2.04 bits per heavy atom. The Kier molecular flexibility index (Phi) is 4.74. The zero-order chi connectivity index (χ0) is 17.8. The van der Waals surface area contributed by atoms with Gasteiger partial charge in [0.05, 0.1) is 12.8 Å². The number of methoxy groups -OCH3 is 1. The van der Waals surface area contributed by atoms with Gasteiger partial charge in [-0.15, -0.1) is 0 Å². The fraction of sp³-hybridized carbons (Fsp3) is 0.222. The fourth-order valence-electron chi connectivity index (χ4n) is 2.36. The van der Waals surface area contributed by atoms with E-state index in [4.69, 9.17) is 14.2 Å². The summed E-state index contributed by atoms with van der Waals surface area (Å²) in [7, 11) is 1.51. The van der Waals surface area contributed by atoms with Crippen LogP contribution < -0.4 is 19.6 Å². The number of nitrogens with one attached hydrogen (secondary N) is 1. The third-order valence-corrected chi connectivity index (χ3v) is 3.73. The predicted octanol–water partition coefficient (Wildman–Crippen LogP) is 2.08. The maximum atomic E-state index is 12.2. The van der Waals surface area contributed by atoms with Crippen molar-refractivity contribution in [3.05, 3.63) is 48.0 Å². The summed E-state index contributed by atoms with van der Waals surface area (Å²) in [6.45, 7) is 1.78. The lowest BCUT2D eigenvalue weighted by Gasteiger charge is -2.24. The Morgan fingerprint density at radius 3 is 2.76 bits per heavy atom. The van der Waals surface area contributed by atoms with E-state index in [1.807, 2.05) is 6.07 Å². The molecule has 1 unspecified atom stereocenters. The lowest BCUT2D eigenvalue weighted by molar-refractivity contribution is -0.130. The summed E-state index contributed by atoms with van der Waals surface area (Å²) in [5.41, 5.74) is 3.38. The van der Waals surface area contributed by atoms with E-state index in [9.17, 15) is 9.90 Å². The van der Waals surface area contributed by atoms with Gasteiger partial charge in [0.15, 0.2) is 11.5 Å². The molecule has 2 aromatic rings. The first kappa shape index (κ1) is 16.6. The Hall–Kier alpha value is -3.22. The van der Waals surface area contributed by atoms with Crippen LogP contribution in [0.1, 0.15) is 12.5 Å². The van der Waals surface area contributed by atoms with Crippen molar-refractivity contribution in [1.29, 1.82) is 0 Å². The van der Waals surface area contributed by atoms with Crippen molar-refractivity contribution in [2.45, 2.75) is 13.0 Å². The summed E-state index contributed by atoms with van der Waals surface area (Å²) in [6.07, 6.45) is -0.795. The fourth-order valence-corrected chi connectivity index (χ4v) is 2.36. The minimum atomic E-state index is -0.795. The van der Waals surface area contributed by atoms with Gasteiger partial charge in [0.25, 0.3) is 5.91 Å². The predicted molar refractivity (Wildman–Crippen MR) is 91.4 cm³/mol. The van der Waals surface area contributed by atoms with Crippen LogP contribution in [0.4, 0.5) is 0 Å². The van der Waals surface area contributed by atoms with Gasteiger partial charge in [0, 0.05) is 11.6 Å². The van der Waals surface area contributed by atoms with Gasteiger partial charge < -0.3 is 19.3 Å². The number of aromatic hydroxyl groups is 1. The maximum absolute atomic E-state index is 12.2. The van der Waals surface area contributed by atoms with E-state index < -0.39 is 12.0 Å². The summed E-state index contributed by atoms with van der Waals surface area (Å²) < 4.78 is 16.2. The number of nitrogens with zero attached hydrogens (tertiary/aromatic N) is 1. The molecule has 1 amide bonds. The van der Waals surface area contributed by atoms with Gasteiger partial charge in [-0.05, 0) is 31.2 Å². The van der Waals surface area contributed by atoms with Crippen molar-refractivity contribution < 1.29 is 24.1 Å². The largest absolute Gasteiger partial charge is 0.507 e. The summed E-state index contributed by atoms with van der Waals surface area (Å²) in [5.74, 6) is 1.24. The van der Waals surface area contributed by atoms with Crippen molar-refractivity contribution in [1.82, 2.24) is 5.43 Å². The quantitative estimate of drug-likeness (QED) is 0.656. The highest BCUT2D eigenvalue weighted by molar-refractivity contribution is 6.01. The van der Waals surface area contributed by atoms with E-state index in [0.29, 0.717) is 28.5 Å². The van der Waals surface area contributed by atoms with Crippen molar-refractivity contribution in [2.24, 2.45) is 5.10 Å². The molecule has 2 N–H and O–H groups in total. The molecular formula is C18H18N2O5. The van der Waals surface area contributed by atoms with Crippen LogP contribution in [0.25, 0.3) is 0 Å². The highest BCUT2D eigenvalue weighted by Gasteiger charge is 2.27. The van der Waals surface area contributed by atoms with E-state index in [-0.39, 0.29) is 12.4 Å². The molecule has 0 aromatic heterocycles. The number of hydrogen-bond acceptors (Lipinski definition) is 6. The number of benzene rings is 2. The number of amides is 1. The van der Waals surface area contributed by atoms with E-state index >= 15 is 0 Å². The molecule has 0 bridgehead atoms. The lowest BCUT2D eigenvalue weighted by Crippen LogP contribution is -2.42. The molecule has 1 heterocycles. The molecule has 25 heavy (non-hydrogen) atoms. The van der Waals surface area contributed by atoms with Crippen LogP contribution in [0.5, 0.6) is 23.0 Å². The molecule has 7 nitrogen and oxygen atoms in total. The molecular weight excluding hydrogens is 324 g/mol. The van der Waals surface area contributed by atoms with Crippen LogP contribution in [0, 0.1) is 0 Å². The van der Waals surface area contributed by atoms with E-state index in [0.717, 1.165) is 0 Å². The summed E-state index contributed by atoms with van der Waals surface area (Å²) >= 11 is 0. The number of phenols is 1. The number of carbonyl (C=O) groups is 1. The van der Waals surface area contributed by atoms with Crippen molar-refractivity contribution in [2.75, 3.05) is 13.7 Å². The topological polar surface area (TPSA) is 89.4 Å². The highest BCUT2D eigenvalue weighted by atomic mass is 16.6. The molecule has 1 aliphatic rings. The van der Waals surface area contributed by atoms with Crippen LogP contribution in [-0.4, -0.2) is 36.5 Å². The first-order valence-electron chi connectivity index (χ1n) is 7.68. The van der Waals surface area contributed by atoms with Crippen LogP contribution in [0.2, 0.25) is 0 Å². The van der Waals surface area contributed by atoms with Crippen molar-refractivity contribution >= 4 is 11.6 Å². The summed E-state index contributed by atoms with van der Waals surface area (Å²) in [6, 6.07) is 12.0. The molecule has 7 heteroatoms. The van der Waals surface area contributed by atoms with Gasteiger partial charge in [0.1, 0.15) is 18.1 Å². The smallest absolute Gasteiger partial charge is 0.284 e. The van der Waals surface area contributed by atoms with Crippen molar-refractivity contribution in [3.63, 3.8) is 0 Å². The van der Waals surface area contributed by atoms with E-state index in [2.05, 4.69) is 10.5 Å².